The predicted octanol–water partition coefficient (Wildman–Crippen LogP) is 4.51. The van der Waals surface area contributed by atoms with Gasteiger partial charge in [-0.3, -0.25) is 14.4 Å². The molecule has 7 heteroatoms. The van der Waals surface area contributed by atoms with E-state index in [9.17, 15) is 14.4 Å². The number of hydrogen-bond acceptors (Lipinski definition) is 4. The summed E-state index contributed by atoms with van der Waals surface area (Å²) in [5, 5.41) is 15.5. The summed E-state index contributed by atoms with van der Waals surface area (Å²) >= 11 is 0. The van der Waals surface area contributed by atoms with Gasteiger partial charge in [-0.1, -0.05) is 72.8 Å². The number of amides is 2. The normalized spacial score (nSPS) is 14.1. The standard InChI is InChI=1S/C31H26N2O5/c1-20(30(36)37)33-28(34)19-32-29(35)22-12-14-25-21(18-22)13-15-27-26(25)16-17-31(38-27,23-8-4-2-5-9-23)24-10-6-3-7-11-24/h2-18,20H,19H2,1H3,(H,32,35)(H,33,34)(H,36,37). The minimum atomic E-state index is -1.15. The van der Waals surface area contributed by atoms with E-state index in [1.807, 2.05) is 54.6 Å². The number of ether oxygens (including phenoxy) is 1. The fourth-order valence-corrected chi connectivity index (χ4v) is 4.61. The van der Waals surface area contributed by atoms with Crippen LogP contribution in [-0.4, -0.2) is 35.5 Å². The van der Waals surface area contributed by atoms with Crippen molar-refractivity contribution in [3.8, 4) is 5.75 Å². The molecule has 0 spiro atoms. The van der Waals surface area contributed by atoms with Crippen molar-refractivity contribution in [2.24, 2.45) is 0 Å². The summed E-state index contributed by atoms with van der Waals surface area (Å²) in [5.74, 6) is -1.42. The molecule has 7 nitrogen and oxygen atoms in total. The van der Waals surface area contributed by atoms with Crippen LogP contribution in [0.25, 0.3) is 16.8 Å². The minimum Gasteiger partial charge on any atom is -0.480 e. The molecule has 2 amide bonds. The molecule has 0 bridgehead atoms. The summed E-state index contributed by atoms with van der Waals surface area (Å²) in [4.78, 5) is 35.5. The fourth-order valence-electron chi connectivity index (χ4n) is 4.61. The number of nitrogens with one attached hydrogen (secondary N) is 2. The third kappa shape index (κ3) is 4.74. The van der Waals surface area contributed by atoms with Crippen LogP contribution < -0.4 is 15.4 Å². The van der Waals surface area contributed by atoms with E-state index in [1.165, 1.54) is 6.92 Å². The second kappa shape index (κ2) is 10.2. The monoisotopic (exact) mass is 506 g/mol. The topological polar surface area (TPSA) is 105 Å². The van der Waals surface area contributed by atoms with Gasteiger partial charge in [0.15, 0.2) is 5.60 Å². The third-order valence-corrected chi connectivity index (χ3v) is 6.60. The summed E-state index contributed by atoms with van der Waals surface area (Å²) in [7, 11) is 0. The van der Waals surface area contributed by atoms with Crippen LogP contribution in [0.15, 0.2) is 97.1 Å². The molecule has 0 saturated carbocycles. The van der Waals surface area contributed by atoms with E-state index in [0.29, 0.717) is 5.56 Å². The number of aliphatic carboxylic acids is 1. The lowest BCUT2D eigenvalue weighted by Gasteiger charge is -2.36. The number of benzene rings is 4. The number of carbonyl (C=O) groups excluding carboxylic acids is 2. The predicted molar refractivity (Wildman–Crippen MR) is 145 cm³/mol. The summed E-state index contributed by atoms with van der Waals surface area (Å²) in [5.41, 5.74) is 2.56. The van der Waals surface area contributed by atoms with Gasteiger partial charge in [0.25, 0.3) is 5.91 Å². The Balaban J connectivity index is 1.41. The van der Waals surface area contributed by atoms with Crippen LogP contribution in [0.1, 0.15) is 34.0 Å². The van der Waals surface area contributed by atoms with Gasteiger partial charge >= 0.3 is 5.97 Å². The van der Waals surface area contributed by atoms with E-state index in [2.05, 4.69) is 47.1 Å². The zero-order chi connectivity index (χ0) is 26.7. The molecule has 1 aliphatic rings. The van der Waals surface area contributed by atoms with Gasteiger partial charge in [-0.25, -0.2) is 0 Å². The van der Waals surface area contributed by atoms with Crippen LogP contribution in [0.4, 0.5) is 0 Å². The van der Waals surface area contributed by atoms with Gasteiger partial charge in [0.2, 0.25) is 5.91 Å². The van der Waals surface area contributed by atoms with E-state index in [0.717, 1.165) is 33.2 Å². The van der Waals surface area contributed by atoms with Crippen LogP contribution in [0.5, 0.6) is 5.75 Å². The average molecular weight is 507 g/mol. The molecule has 1 heterocycles. The van der Waals surface area contributed by atoms with E-state index in [4.69, 9.17) is 9.84 Å². The quantitative estimate of drug-likeness (QED) is 0.342. The van der Waals surface area contributed by atoms with Crippen LogP contribution in [0.2, 0.25) is 0 Å². The molecule has 1 unspecified atom stereocenters. The highest BCUT2D eigenvalue weighted by atomic mass is 16.5. The maximum Gasteiger partial charge on any atom is 0.325 e. The van der Waals surface area contributed by atoms with E-state index < -0.39 is 29.4 Å². The molecule has 0 fully saturated rings. The molecule has 0 aliphatic carbocycles. The van der Waals surface area contributed by atoms with Crippen molar-refractivity contribution in [3.63, 3.8) is 0 Å². The van der Waals surface area contributed by atoms with Gasteiger partial charge in [-0.2, -0.15) is 0 Å². The summed E-state index contributed by atoms with van der Waals surface area (Å²) in [6.45, 7) is 1.03. The van der Waals surface area contributed by atoms with Crippen molar-refractivity contribution >= 4 is 34.6 Å². The van der Waals surface area contributed by atoms with Crippen molar-refractivity contribution < 1.29 is 24.2 Å². The molecular weight excluding hydrogens is 480 g/mol. The Bertz CT molecular complexity index is 1510. The van der Waals surface area contributed by atoms with E-state index >= 15 is 0 Å². The van der Waals surface area contributed by atoms with Crippen LogP contribution in [-0.2, 0) is 15.2 Å². The van der Waals surface area contributed by atoms with Gasteiger partial charge in [0.1, 0.15) is 11.8 Å². The molecule has 38 heavy (non-hydrogen) atoms. The van der Waals surface area contributed by atoms with Gasteiger partial charge in [-0.15, -0.1) is 0 Å². The van der Waals surface area contributed by atoms with Crippen molar-refractivity contribution in [1.82, 2.24) is 10.6 Å². The lowest BCUT2D eigenvalue weighted by molar-refractivity contribution is -0.141. The Kier molecular flexibility index (Phi) is 6.66. The number of fused-ring (bicyclic) bond motifs is 3. The highest BCUT2D eigenvalue weighted by Gasteiger charge is 2.37. The number of carbonyl (C=O) groups is 3. The first-order valence-electron chi connectivity index (χ1n) is 12.2. The second-order valence-electron chi connectivity index (χ2n) is 9.13. The smallest absolute Gasteiger partial charge is 0.325 e. The number of rotatable bonds is 7. The molecular formula is C31H26N2O5. The molecule has 4 aromatic rings. The first-order valence-corrected chi connectivity index (χ1v) is 12.2. The van der Waals surface area contributed by atoms with Gasteiger partial charge in [0, 0.05) is 22.3 Å². The molecule has 3 N–H and O–H groups in total. The molecule has 0 radical (unpaired) electrons. The Labute approximate surface area is 219 Å². The minimum absolute atomic E-state index is 0.323. The fraction of sp³-hybridized carbons (Fsp3) is 0.129. The molecule has 5 rings (SSSR count). The van der Waals surface area contributed by atoms with Crippen molar-refractivity contribution in [3.05, 3.63) is 119 Å². The molecule has 4 aromatic carbocycles. The largest absolute Gasteiger partial charge is 0.480 e. The maximum absolute atomic E-state index is 12.7. The third-order valence-electron chi connectivity index (χ3n) is 6.60. The number of carboxylic acids is 1. The van der Waals surface area contributed by atoms with Crippen molar-refractivity contribution in [2.45, 2.75) is 18.6 Å². The molecule has 1 atom stereocenters. The Hall–Kier alpha value is -4.91. The van der Waals surface area contributed by atoms with Crippen LogP contribution in [0.3, 0.4) is 0 Å². The van der Waals surface area contributed by atoms with Gasteiger partial charge in [0.05, 0.1) is 6.54 Å². The maximum atomic E-state index is 12.7. The van der Waals surface area contributed by atoms with Crippen molar-refractivity contribution in [2.75, 3.05) is 6.54 Å². The summed E-state index contributed by atoms with van der Waals surface area (Å²) < 4.78 is 6.74. The SMILES string of the molecule is CC(NC(=O)CNC(=O)c1ccc2c3c(ccc2c1)OC(c1ccccc1)(c1ccccc1)C=C3)C(=O)O. The van der Waals surface area contributed by atoms with Gasteiger partial charge in [-0.05, 0) is 48.0 Å². The molecule has 0 aromatic heterocycles. The van der Waals surface area contributed by atoms with Crippen LogP contribution in [0, 0.1) is 0 Å². The number of hydrogen-bond donors (Lipinski definition) is 3. The first-order chi connectivity index (χ1) is 18.4. The lowest BCUT2D eigenvalue weighted by Crippen LogP contribution is -2.44. The van der Waals surface area contributed by atoms with Crippen LogP contribution >= 0.6 is 0 Å². The van der Waals surface area contributed by atoms with E-state index in [1.54, 1.807) is 12.1 Å². The molecule has 0 saturated heterocycles. The zero-order valence-corrected chi connectivity index (χ0v) is 20.7. The Morgan fingerprint density at radius 3 is 2.18 bits per heavy atom. The molecule has 1 aliphatic heterocycles. The molecule has 190 valence electrons. The zero-order valence-electron chi connectivity index (χ0n) is 20.7. The highest BCUT2D eigenvalue weighted by molar-refractivity contribution is 6.02. The van der Waals surface area contributed by atoms with Crippen molar-refractivity contribution in [1.29, 1.82) is 0 Å². The van der Waals surface area contributed by atoms with Gasteiger partial charge < -0.3 is 20.5 Å². The average Bonchev–Trinajstić information content (AvgIpc) is 2.96. The lowest BCUT2D eigenvalue weighted by atomic mass is 9.83. The van der Waals surface area contributed by atoms with E-state index in [-0.39, 0.29) is 6.54 Å². The Morgan fingerprint density at radius 1 is 0.895 bits per heavy atom. The number of carboxylic acid groups (broad SMARTS) is 1. The summed E-state index contributed by atoms with van der Waals surface area (Å²) in [6.07, 6.45) is 4.13. The summed E-state index contributed by atoms with van der Waals surface area (Å²) in [6, 6.07) is 28.2. The second-order valence-corrected chi connectivity index (χ2v) is 9.13. The Morgan fingerprint density at radius 2 is 1.55 bits per heavy atom. The highest BCUT2D eigenvalue weighted by Crippen LogP contribution is 2.44. The first kappa shape index (κ1) is 24.8.